The number of phenolic OH excluding ortho intramolecular Hbond substituents is 1. The zero-order valence-electron chi connectivity index (χ0n) is 13.3. The molecule has 1 fully saturated rings. The summed E-state index contributed by atoms with van der Waals surface area (Å²) in [6.07, 6.45) is 1.40. The molecule has 6 nitrogen and oxygen atoms in total. The van der Waals surface area contributed by atoms with Crippen LogP contribution in [0.15, 0.2) is 53.4 Å². The van der Waals surface area contributed by atoms with Crippen molar-refractivity contribution in [3.05, 3.63) is 64.8 Å². The molecule has 3 amide bonds. The summed E-state index contributed by atoms with van der Waals surface area (Å²) in [5, 5.41) is 11.3. The zero-order chi connectivity index (χ0) is 18.7. The maximum atomic E-state index is 13.2. The summed E-state index contributed by atoms with van der Waals surface area (Å²) in [6, 6.07) is 11.5. The molecule has 2 aromatic carbocycles. The van der Waals surface area contributed by atoms with E-state index >= 15 is 0 Å². The van der Waals surface area contributed by atoms with Gasteiger partial charge >= 0.3 is 0 Å². The van der Waals surface area contributed by atoms with E-state index in [2.05, 4.69) is 5.32 Å². The highest BCUT2D eigenvalue weighted by Gasteiger charge is 2.36. The van der Waals surface area contributed by atoms with Crippen molar-refractivity contribution >= 4 is 40.6 Å². The molecule has 1 aliphatic heterocycles. The molecule has 8 heteroatoms. The topological polar surface area (TPSA) is 86.7 Å². The molecule has 1 aliphatic rings. The number of halogens is 1. The Morgan fingerprint density at radius 3 is 2.69 bits per heavy atom. The molecule has 0 radical (unpaired) electrons. The normalized spacial score (nSPS) is 15.6. The highest BCUT2D eigenvalue weighted by molar-refractivity contribution is 8.18. The summed E-state index contributed by atoms with van der Waals surface area (Å²) in [6.45, 7) is -0.458. The van der Waals surface area contributed by atoms with E-state index in [1.807, 2.05) is 0 Å². The highest BCUT2D eigenvalue weighted by Crippen LogP contribution is 2.32. The van der Waals surface area contributed by atoms with E-state index in [0.717, 1.165) is 4.90 Å². The Hall–Kier alpha value is -3.13. The van der Waals surface area contributed by atoms with Gasteiger partial charge in [0, 0.05) is 11.8 Å². The first kappa shape index (κ1) is 17.7. The minimum atomic E-state index is -0.615. The first-order valence-electron chi connectivity index (χ1n) is 7.52. The molecule has 0 atom stereocenters. The van der Waals surface area contributed by atoms with E-state index in [1.54, 1.807) is 18.2 Å². The number of amides is 3. The number of nitrogens with zero attached hydrogens (tertiary/aromatic N) is 1. The van der Waals surface area contributed by atoms with Gasteiger partial charge in [0.05, 0.1) is 4.91 Å². The molecule has 3 rings (SSSR count). The van der Waals surface area contributed by atoms with Crippen molar-refractivity contribution in [2.45, 2.75) is 0 Å². The average molecular weight is 372 g/mol. The minimum absolute atomic E-state index is 0.0213. The molecular weight excluding hydrogens is 359 g/mol. The molecule has 0 aromatic heterocycles. The Morgan fingerprint density at radius 1 is 1.19 bits per heavy atom. The van der Waals surface area contributed by atoms with Crippen LogP contribution in [0.2, 0.25) is 0 Å². The second-order valence-corrected chi connectivity index (χ2v) is 6.41. The van der Waals surface area contributed by atoms with Crippen molar-refractivity contribution in [2.24, 2.45) is 0 Å². The summed E-state index contributed by atoms with van der Waals surface area (Å²) in [5.74, 6) is -1.67. The van der Waals surface area contributed by atoms with Gasteiger partial charge < -0.3 is 10.4 Å². The predicted molar refractivity (Wildman–Crippen MR) is 95.8 cm³/mol. The van der Waals surface area contributed by atoms with Gasteiger partial charge in [-0.2, -0.15) is 0 Å². The molecule has 1 heterocycles. The smallest absolute Gasteiger partial charge is 0.294 e. The van der Waals surface area contributed by atoms with Crippen LogP contribution in [0.3, 0.4) is 0 Å². The van der Waals surface area contributed by atoms with Gasteiger partial charge in [-0.15, -0.1) is 0 Å². The number of aromatic hydroxyl groups is 1. The highest BCUT2D eigenvalue weighted by atomic mass is 32.2. The third-order valence-corrected chi connectivity index (χ3v) is 4.36. The maximum absolute atomic E-state index is 13.2. The standard InChI is InChI=1S/C18H13FN2O4S/c19-12-4-1-3-11(7-12)8-15-17(24)21(18(25)26-15)10-16(23)20-13-5-2-6-14(22)9-13/h1-9,22H,10H2,(H,20,23). The van der Waals surface area contributed by atoms with Crippen LogP contribution in [0.1, 0.15) is 5.56 Å². The average Bonchev–Trinajstić information content (AvgIpc) is 2.82. The second-order valence-electron chi connectivity index (χ2n) is 5.42. The molecule has 2 aromatic rings. The zero-order valence-corrected chi connectivity index (χ0v) is 14.1. The molecule has 0 spiro atoms. The molecule has 0 aliphatic carbocycles. The van der Waals surface area contributed by atoms with Crippen molar-refractivity contribution in [3.8, 4) is 5.75 Å². The monoisotopic (exact) mass is 372 g/mol. The minimum Gasteiger partial charge on any atom is -0.508 e. The van der Waals surface area contributed by atoms with E-state index < -0.39 is 29.4 Å². The number of phenols is 1. The van der Waals surface area contributed by atoms with Crippen LogP contribution < -0.4 is 5.32 Å². The lowest BCUT2D eigenvalue weighted by atomic mass is 10.2. The largest absolute Gasteiger partial charge is 0.508 e. The Morgan fingerprint density at radius 2 is 1.96 bits per heavy atom. The van der Waals surface area contributed by atoms with Crippen LogP contribution in [-0.2, 0) is 9.59 Å². The van der Waals surface area contributed by atoms with Crippen LogP contribution in [0.4, 0.5) is 14.9 Å². The predicted octanol–water partition coefficient (Wildman–Crippen LogP) is 3.21. The van der Waals surface area contributed by atoms with Gasteiger partial charge in [-0.05, 0) is 47.7 Å². The van der Waals surface area contributed by atoms with Crippen molar-refractivity contribution in [1.29, 1.82) is 0 Å². The summed E-state index contributed by atoms with van der Waals surface area (Å²) < 4.78 is 13.2. The Bertz CT molecular complexity index is 929. The number of thioether (sulfide) groups is 1. The summed E-state index contributed by atoms with van der Waals surface area (Å²) in [7, 11) is 0. The number of imide groups is 1. The molecule has 0 saturated carbocycles. The Labute approximate surface area is 152 Å². The first-order chi connectivity index (χ1) is 12.4. The van der Waals surface area contributed by atoms with E-state index in [0.29, 0.717) is 23.0 Å². The maximum Gasteiger partial charge on any atom is 0.294 e. The van der Waals surface area contributed by atoms with Crippen LogP contribution in [0, 0.1) is 5.82 Å². The lowest BCUT2D eigenvalue weighted by Crippen LogP contribution is -2.36. The number of rotatable bonds is 4. The van der Waals surface area contributed by atoms with Crippen molar-refractivity contribution < 1.29 is 23.9 Å². The quantitative estimate of drug-likeness (QED) is 0.805. The lowest BCUT2D eigenvalue weighted by Gasteiger charge is -2.12. The molecule has 2 N–H and O–H groups in total. The van der Waals surface area contributed by atoms with Gasteiger partial charge in [0.2, 0.25) is 5.91 Å². The summed E-state index contributed by atoms with van der Waals surface area (Å²) in [5.41, 5.74) is 0.789. The van der Waals surface area contributed by atoms with Crippen LogP contribution in [-0.4, -0.2) is 33.6 Å². The number of hydrogen-bond donors (Lipinski definition) is 2. The van der Waals surface area contributed by atoms with Gasteiger partial charge in [-0.3, -0.25) is 19.3 Å². The van der Waals surface area contributed by atoms with Crippen molar-refractivity contribution in [2.75, 3.05) is 11.9 Å². The molecular formula is C18H13FN2O4S. The third kappa shape index (κ3) is 4.09. The molecule has 26 heavy (non-hydrogen) atoms. The molecule has 1 saturated heterocycles. The number of carbonyl (C=O) groups is 3. The molecule has 132 valence electrons. The van der Waals surface area contributed by atoms with Crippen molar-refractivity contribution in [3.63, 3.8) is 0 Å². The fourth-order valence-corrected chi connectivity index (χ4v) is 3.15. The Kier molecular flexibility index (Phi) is 5.04. The van der Waals surface area contributed by atoms with Gasteiger partial charge in [0.25, 0.3) is 11.1 Å². The fourth-order valence-electron chi connectivity index (χ4n) is 2.31. The number of carbonyl (C=O) groups excluding carboxylic acids is 3. The molecule has 0 bridgehead atoms. The van der Waals surface area contributed by atoms with E-state index in [1.165, 1.54) is 36.4 Å². The lowest BCUT2D eigenvalue weighted by molar-refractivity contribution is -0.127. The number of hydrogen-bond acceptors (Lipinski definition) is 5. The summed E-state index contributed by atoms with van der Waals surface area (Å²) in [4.78, 5) is 37.4. The fraction of sp³-hybridized carbons (Fsp3) is 0.0556. The summed E-state index contributed by atoms with van der Waals surface area (Å²) >= 11 is 0.689. The van der Waals surface area contributed by atoms with Gasteiger partial charge in [-0.25, -0.2) is 4.39 Å². The third-order valence-electron chi connectivity index (χ3n) is 3.45. The second kappa shape index (κ2) is 7.40. The van der Waals surface area contributed by atoms with Gasteiger partial charge in [0.1, 0.15) is 18.1 Å². The Balaban J connectivity index is 1.70. The number of benzene rings is 2. The van der Waals surface area contributed by atoms with Crippen LogP contribution >= 0.6 is 11.8 Å². The van der Waals surface area contributed by atoms with Crippen LogP contribution in [0.5, 0.6) is 5.75 Å². The van der Waals surface area contributed by atoms with E-state index in [9.17, 15) is 23.9 Å². The number of anilines is 1. The number of nitrogens with one attached hydrogen (secondary N) is 1. The van der Waals surface area contributed by atoms with Crippen molar-refractivity contribution in [1.82, 2.24) is 4.90 Å². The van der Waals surface area contributed by atoms with Gasteiger partial charge in [-0.1, -0.05) is 18.2 Å². The molecule has 0 unspecified atom stereocenters. The first-order valence-corrected chi connectivity index (χ1v) is 8.34. The van der Waals surface area contributed by atoms with Crippen LogP contribution in [0.25, 0.3) is 6.08 Å². The van der Waals surface area contributed by atoms with E-state index in [-0.39, 0.29) is 10.7 Å². The van der Waals surface area contributed by atoms with Gasteiger partial charge in [0.15, 0.2) is 0 Å². The van der Waals surface area contributed by atoms with E-state index in [4.69, 9.17) is 0 Å². The SMILES string of the molecule is O=C(CN1C(=O)SC(=Cc2cccc(F)c2)C1=O)Nc1cccc(O)c1.